The van der Waals surface area contributed by atoms with E-state index in [1.165, 1.54) is 23.6 Å². The zero-order valence-electron chi connectivity index (χ0n) is 11.6. The van der Waals surface area contributed by atoms with Crippen LogP contribution in [0.15, 0.2) is 48.5 Å². The molecular formula is C18H15BrO2. The normalized spacial score (nSPS) is 28.7. The maximum Gasteiger partial charge on any atom is 0.303 e. The lowest BCUT2D eigenvalue weighted by molar-refractivity contribution is -0.148. The summed E-state index contributed by atoms with van der Waals surface area (Å²) >= 11 is 3.87. The second-order valence-electron chi connectivity index (χ2n) is 5.74. The topological polar surface area (TPSA) is 26.3 Å². The molecule has 1 unspecified atom stereocenters. The Labute approximate surface area is 132 Å². The predicted octanol–water partition coefficient (Wildman–Crippen LogP) is 4.30. The third-order valence-corrected chi connectivity index (χ3v) is 5.71. The first kappa shape index (κ1) is 13.1. The monoisotopic (exact) mass is 342 g/mol. The molecule has 0 radical (unpaired) electrons. The van der Waals surface area contributed by atoms with Crippen LogP contribution in [0.2, 0.25) is 0 Å². The largest absolute Gasteiger partial charge is 0.457 e. The van der Waals surface area contributed by atoms with Gasteiger partial charge in [-0.25, -0.2) is 0 Å². The van der Waals surface area contributed by atoms with Crippen molar-refractivity contribution in [2.24, 2.45) is 0 Å². The molecular weight excluding hydrogens is 328 g/mol. The van der Waals surface area contributed by atoms with Crippen molar-refractivity contribution in [1.82, 2.24) is 0 Å². The summed E-state index contributed by atoms with van der Waals surface area (Å²) in [4.78, 5) is 11.9. The van der Waals surface area contributed by atoms with Crippen molar-refractivity contribution in [2.75, 3.05) is 0 Å². The van der Waals surface area contributed by atoms with Crippen LogP contribution in [0.5, 0.6) is 0 Å². The molecule has 0 saturated carbocycles. The molecule has 2 aromatic rings. The lowest BCUT2D eigenvalue weighted by Crippen LogP contribution is -2.29. The molecule has 0 N–H and O–H groups in total. The van der Waals surface area contributed by atoms with Gasteiger partial charge in [0.2, 0.25) is 0 Å². The molecule has 2 nitrogen and oxygen atoms in total. The van der Waals surface area contributed by atoms with E-state index in [2.05, 4.69) is 58.4 Å². The van der Waals surface area contributed by atoms with Crippen LogP contribution in [0, 0.1) is 0 Å². The number of carbonyl (C=O) groups is 1. The molecule has 2 aliphatic carbocycles. The second-order valence-corrected chi connectivity index (χ2v) is 6.79. The van der Waals surface area contributed by atoms with Crippen LogP contribution in [0.3, 0.4) is 0 Å². The van der Waals surface area contributed by atoms with Gasteiger partial charge in [-0.3, -0.25) is 4.79 Å². The molecule has 4 rings (SSSR count). The van der Waals surface area contributed by atoms with Gasteiger partial charge in [0.15, 0.2) is 0 Å². The average Bonchev–Trinajstić information content (AvgIpc) is 2.69. The molecule has 0 amide bonds. The lowest BCUT2D eigenvalue weighted by atomic mass is 9.79. The Hall–Kier alpha value is -1.61. The quantitative estimate of drug-likeness (QED) is 0.570. The van der Waals surface area contributed by atoms with Gasteiger partial charge in [-0.2, -0.15) is 0 Å². The number of alkyl halides is 1. The Bertz CT molecular complexity index is 725. The molecule has 0 aromatic heterocycles. The number of hydrogen-bond donors (Lipinski definition) is 0. The van der Waals surface area contributed by atoms with Crippen molar-refractivity contribution < 1.29 is 9.53 Å². The van der Waals surface area contributed by atoms with Crippen molar-refractivity contribution in [1.29, 1.82) is 0 Å². The number of hydrogen-bond acceptors (Lipinski definition) is 2. The van der Waals surface area contributed by atoms with Gasteiger partial charge in [0, 0.05) is 23.6 Å². The van der Waals surface area contributed by atoms with E-state index in [0.29, 0.717) is 5.92 Å². The first-order valence-corrected chi connectivity index (χ1v) is 8.09. The van der Waals surface area contributed by atoms with Crippen molar-refractivity contribution in [3.05, 3.63) is 70.8 Å². The molecule has 0 saturated heterocycles. The molecule has 21 heavy (non-hydrogen) atoms. The maximum absolute atomic E-state index is 11.6. The van der Waals surface area contributed by atoms with Gasteiger partial charge >= 0.3 is 5.97 Å². The summed E-state index contributed by atoms with van der Waals surface area (Å²) in [5, 5.41) is 0. The third kappa shape index (κ3) is 1.80. The molecule has 0 aliphatic heterocycles. The van der Waals surface area contributed by atoms with Gasteiger partial charge in [0.1, 0.15) is 6.10 Å². The van der Waals surface area contributed by atoms with E-state index in [4.69, 9.17) is 4.74 Å². The van der Waals surface area contributed by atoms with Crippen LogP contribution in [-0.2, 0) is 9.53 Å². The van der Waals surface area contributed by atoms with Gasteiger partial charge in [0.25, 0.3) is 0 Å². The molecule has 2 bridgehead atoms. The van der Waals surface area contributed by atoms with Crippen LogP contribution in [0.25, 0.3) is 0 Å². The van der Waals surface area contributed by atoms with Crippen LogP contribution < -0.4 is 0 Å². The standard InChI is InChI=1S/C18H15BrO2/c1-10(20)21-18-14-9-5-4-8-13(14)15-11-6-2-3-7-12(11)16(18)17(15)19/h2-9,15-18H,1H3/t15-,16-,17?,18-/m1/s1. The molecule has 2 aromatic carbocycles. The number of ether oxygens (including phenoxy) is 1. The maximum atomic E-state index is 11.6. The molecule has 3 heteroatoms. The molecule has 0 spiro atoms. The van der Waals surface area contributed by atoms with E-state index >= 15 is 0 Å². The zero-order chi connectivity index (χ0) is 14.6. The summed E-state index contributed by atoms with van der Waals surface area (Å²) in [5.41, 5.74) is 5.07. The summed E-state index contributed by atoms with van der Waals surface area (Å²) in [5.74, 6) is 0.302. The molecule has 4 atom stereocenters. The van der Waals surface area contributed by atoms with E-state index < -0.39 is 0 Å². The molecule has 0 fully saturated rings. The summed E-state index contributed by atoms with van der Waals surface area (Å²) in [6, 6.07) is 16.8. The first-order valence-electron chi connectivity index (χ1n) is 7.17. The summed E-state index contributed by atoms with van der Waals surface area (Å²) in [6.45, 7) is 1.48. The van der Waals surface area contributed by atoms with Gasteiger partial charge < -0.3 is 4.74 Å². The first-order chi connectivity index (χ1) is 10.2. The fourth-order valence-corrected chi connectivity index (χ4v) is 5.01. The van der Waals surface area contributed by atoms with Gasteiger partial charge in [0.05, 0.1) is 0 Å². The van der Waals surface area contributed by atoms with Crippen LogP contribution in [0.4, 0.5) is 0 Å². The van der Waals surface area contributed by atoms with E-state index in [1.807, 2.05) is 6.07 Å². The van der Waals surface area contributed by atoms with E-state index in [-0.39, 0.29) is 22.8 Å². The van der Waals surface area contributed by atoms with Gasteiger partial charge in [-0.1, -0.05) is 64.5 Å². The number of benzene rings is 2. The highest BCUT2D eigenvalue weighted by atomic mass is 79.9. The van der Waals surface area contributed by atoms with E-state index in [0.717, 1.165) is 5.56 Å². The fourth-order valence-electron chi connectivity index (χ4n) is 3.88. The fraction of sp³-hybridized carbons (Fsp3) is 0.278. The van der Waals surface area contributed by atoms with Gasteiger partial charge in [-0.15, -0.1) is 0 Å². The predicted molar refractivity (Wildman–Crippen MR) is 84.7 cm³/mol. The zero-order valence-corrected chi connectivity index (χ0v) is 13.2. The van der Waals surface area contributed by atoms with Crippen molar-refractivity contribution in [3.8, 4) is 0 Å². The Morgan fingerprint density at radius 1 is 0.952 bits per heavy atom. The Morgan fingerprint density at radius 2 is 1.48 bits per heavy atom. The number of halogens is 1. The minimum Gasteiger partial charge on any atom is -0.457 e. The Morgan fingerprint density at radius 3 is 2.10 bits per heavy atom. The summed E-state index contributed by atoms with van der Waals surface area (Å²) in [7, 11) is 0. The van der Waals surface area contributed by atoms with E-state index in [9.17, 15) is 4.79 Å². The molecule has 2 aliphatic rings. The minimum atomic E-state index is -0.225. The van der Waals surface area contributed by atoms with Crippen molar-refractivity contribution >= 4 is 21.9 Å². The summed E-state index contributed by atoms with van der Waals surface area (Å²) < 4.78 is 5.71. The highest BCUT2D eigenvalue weighted by Crippen LogP contribution is 2.59. The third-order valence-electron chi connectivity index (χ3n) is 4.61. The Balaban J connectivity index is 1.97. The summed E-state index contributed by atoms with van der Waals surface area (Å²) in [6.07, 6.45) is -0.206. The Kier molecular flexibility index (Phi) is 2.93. The minimum absolute atomic E-state index is 0.185. The van der Waals surface area contributed by atoms with Crippen molar-refractivity contribution in [2.45, 2.75) is 29.7 Å². The van der Waals surface area contributed by atoms with Crippen molar-refractivity contribution in [3.63, 3.8) is 0 Å². The van der Waals surface area contributed by atoms with Gasteiger partial charge in [-0.05, 0) is 22.3 Å². The highest BCUT2D eigenvalue weighted by molar-refractivity contribution is 9.09. The van der Waals surface area contributed by atoms with Crippen LogP contribution >= 0.6 is 15.9 Å². The second kappa shape index (κ2) is 4.70. The smallest absolute Gasteiger partial charge is 0.303 e. The number of esters is 1. The van der Waals surface area contributed by atoms with E-state index in [1.54, 1.807) is 0 Å². The number of carbonyl (C=O) groups excluding carboxylic acids is 1. The molecule has 106 valence electrons. The lowest BCUT2D eigenvalue weighted by Gasteiger charge is -2.35. The SMILES string of the molecule is CC(=O)O[C@@H]1c2ccccc2[C@H]2c3ccccc3[C@@H]1C2Br. The van der Waals surface area contributed by atoms with Crippen LogP contribution in [-0.4, -0.2) is 10.8 Å². The highest BCUT2D eigenvalue weighted by Gasteiger charge is 2.50. The average molecular weight is 343 g/mol. The molecule has 0 heterocycles. The number of fused-ring (bicyclic) bond motifs is 7. The van der Waals surface area contributed by atoms with Crippen LogP contribution in [0.1, 0.15) is 47.1 Å². The number of rotatable bonds is 1.